The van der Waals surface area contributed by atoms with Crippen LogP contribution >= 0.6 is 11.8 Å². The van der Waals surface area contributed by atoms with Crippen LogP contribution in [0, 0.1) is 5.92 Å². The van der Waals surface area contributed by atoms with Crippen LogP contribution in [0.5, 0.6) is 0 Å². The summed E-state index contributed by atoms with van der Waals surface area (Å²) in [6.45, 7) is 7.10. The summed E-state index contributed by atoms with van der Waals surface area (Å²) in [6.07, 6.45) is 3.92. The fourth-order valence-electron chi connectivity index (χ4n) is 1.82. The van der Waals surface area contributed by atoms with Gasteiger partial charge in [-0.3, -0.25) is 0 Å². The van der Waals surface area contributed by atoms with Crippen LogP contribution in [-0.2, 0) is 0 Å². The van der Waals surface area contributed by atoms with Crippen molar-refractivity contribution < 1.29 is 0 Å². The van der Waals surface area contributed by atoms with Crippen molar-refractivity contribution in [2.24, 2.45) is 5.92 Å². The van der Waals surface area contributed by atoms with E-state index in [9.17, 15) is 0 Å². The Morgan fingerprint density at radius 2 is 1.89 bits per heavy atom. The summed E-state index contributed by atoms with van der Waals surface area (Å²) in [4.78, 5) is 3.86. The van der Waals surface area contributed by atoms with E-state index in [2.05, 4.69) is 56.1 Å². The maximum atomic E-state index is 2.47. The molecule has 0 saturated heterocycles. The monoisotopic (exact) mass is 265 g/mol. The second-order valence-corrected chi connectivity index (χ2v) is 6.27. The first-order valence-corrected chi connectivity index (χ1v) is 8.07. The summed E-state index contributed by atoms with van der Waals surface area (Å²) in [5.74, 6) is 2.02. The molecule has 0 aliphatic heterocycles. The quantitative estimate of drug-likeness (QED) is 0.603. The second kappa shape index (κ2) is 9.46. The third-order valence-corrected chi connectivity index (χ3v) is 4.52. The molecule has 0 aliphatic rings. The lowest BCUT2D eigenvalue weighted by atomic mass is 10.1. The van der Waals surface area contributed by atoms with E-state index in [1.165, 1.54) is 43.0 Å². The van der Waals surface area contributed by atoms with Crippen LogP contribution in [0.3, 0.4) is 0 Å². The Morgan fingerprint density at radius 1 is 1.17 bits per heavy atom. The van der Waals surface area contributed by atoms with Crippen LogP contribution in [0.1, 0.15) is 33.1 Å². The van der Waals surface area contributed by atoms with Crippen molar-refractivity contribution in [2.45, 2.75) is 38.0 Å². The zero-order chi connectivity index (χ0) is 13.2. The molecule has 1 aromatic rings. The molecule has 0 aromatic heterocycles. The summed E-state index contributed by atoms with van der Waals surface area (Å²) in [5, 5.41) is 0. The lowest BCUT2D eigenvalue weighted by Crippen LogP contribution is -2.22. The highest BCUT2D eigenvalue weighted by Gasteiger charge is 2.05. The normalized spacial score (nSPS) is 12.9. The number of unbranched alkanes of at least 4 members (excludes halogenated alkanes) is 1. The van der Waals surface area contributed by atoms with Crippen molar-refractivity contribution in [1.29, 1.82) is 0 Å². The molecular weight excluding hydrogens is 238 g/mol. The molecular formula is C16H27NS. The molecule has 0 N–H and O–H groups in total. The van der Waals surface area contributed by atoms with E-state index in [1.54, 1.807) is 0 Å². The van der Waals surface area contributed by atoms with E-state index >= 15 is 0 Å². The van der Waals surface area contributed by atoms with Crippen LogP contribution in [0.15, 0.2) is 35.2 Å². The van der Waals surface area contributed by atoms with Crippen LogP contribution in [-0.4, -0.2) is 30.8 Å². The van der Waals surface area contributed by atoms with Gasteiger partial charge >= 0.3 is 0 Å². The van der Waals surface area contributed by atoms with Gasteiger partial charge in [-0.15, -0.1) is 11.8 Å². The van der Waals surface area contributed by atoms with Gasteiger partial charge in [0.05, 0.1) is 0 Å². The van der Waals surface area contributed by atoms with E-state index in [4.69, 9.17) is 0 Å². The zero-order valence-corrected chi connectivity index (χ0v) is 12.9. The van der Waals surface area contributed by atoms with Crippen molar-refractivity contribution in [3.8, 4) is 0 Å². The first-order chi connectivity index (χ1) is 8.72. The SMILES string of the molecule is CCCCN(C)CC[C@@H](C)CSc1ccccc1. The molecule has 1 aromatic carbocycles. The Hall–Kier alpha value is -0.470. The summed E-state index contributed by atoms with van der Waals surface area (Å²) < 4.78 is 0. The highest BCUT2D eigenvalue weighted by Crippen LogP contribution is 2.21. The fourth-order valence-corrected chi connectivity index (χ4v) is 2.81. The second-order valence-electron chi connectivity index (χ2n) is 5.17. The van der Waals surface area contributed by atoms with Gasteiger partial charge in [0.2, 0.25) is 0 Å². The maximum absolute atomic E-state index is 2.47. The number of thioether (sulfide) groups is 1. The highest BCUT2D eigenvalue weighted by atomic mass is 32.2. The Labute approximate surface area is 117 Å². The molecule has 0 fully saturated rings. The summed E-state index contributed by atoms with van der Waals surface area (Å²) in [5.41, 5.74) is 0. The van der Waals surface area contributed by atoms with Crippen molar-refractivity contribution in [2.75, 3.05) is 25.9 Å². The molecule has 1 nitrogen and oxygen atoms in total. The van der Waals surface area contributed by atoms with E-state index in [1.807, 2.05) is 11.8 Å². The van der Waals surface area contributed by atoms with Crippen LogP contribution in [0.25, 0.3) is 0 Å². The Bertz CT molecular complexity index is 299. The largest absolute Gasteiger partial charge is 0.306 e. The average molecular weight is 265 g/mol. The first-order valence-electron chi connectivity index (χ1n) is 7.08. The minimum atomic E-state index is 0.791. The molecule has 2 heteroatoms. The Morgan fingerprint density at radius 3 is 2.56 bits per heavy atom. The number of benzene rings is 1. The van der Waals surface area contributed by atoms with Gasteiger partial charge in [0.15, 0.2) is 0 Å². The highest BCUT2D eigenvalue weighted by molar-refractivity contribution is 7.99. The van der Waals surface area contributed by atoms with Crippen molar-refractivity contribution in [3.63, 3.8) is 0 Å². The summed E-state index contributed by atoms with van der Waals surface area (Å²) in [7, 11) is 2.24. The minimum Gasteiger partial charge on any atom is -0.306 e. The van der Waals surface area contributed by atoms with Crippen molar-refractivity contribution in [1.82, 2.24) is 4.90 Å². The van der Waals surface area contributed by atoms with E-state index in [0.717, 1.165) is 5.92 Å². The predicted molar refractivity (Wildman–Crippen MR) is 83.4 cm³/mol. The zero-order valence-electron chi connectivity index (χ0n) is 12.1. The number of hydrogen-bond acceptors (Lipinski definition) is 2. The lowest BCUT2D eigenvalue weighted by Gasteiger charge is -2.18. The number of rotatable bonds is 9. The molecule has 0 bridgehead atoms. The molecule has 0 spiro atoms. The topological polar surface area (TPSA) is 3.24 Å². The third-order valence-electron chi connectivity index (χ3n) is 3.17. The molecule has 1 rings (SSSR count). The van der Waals surface area contributed by atoms with Gasteiger partial charge in [0.1, 0.15) is 0 Å². The number of nitrogens with zero attached hydrogens (tertiary/aromatic N) is 1. The predicted octanol–water partition coefficient (Wildman–Crippen LogP) is 4.54. The van der Waals surface area contributed by atoms with Gasteiger partial charge in [-0.25, -0.2) is 0 Å². The van der Waals surface area contributed by atoms with E-state index < -0.39 is 0 Å². The third kappa shape index (κ3) is 7.07. The number of hydrogen-bond donors (Lipinski definition) is 0. The summed E-state index contributed by atoms with van der Waals surface area (Å²) >= 11 is 1.98. The standard InChI is InChI=1S/C16H27NS/c1-4-5-12-17(3)13-11-15(2)14-18-16-9-7-6-8-10-16/h6-10,15H,4-5,11-14H2,1-3H3/t15-/m1/s1. The van der Waals surface area contributed by atoms with Gasteiger partial charge in [0, 0.05) is 10.6 Å². The molecule has 0 aliphatic carbocycles. The maximum Gasteiger partial charge on any atom is 0.00720 e. The van der Waals surface area contributed by atoms with E-state index in [-0.39, 0.29) is 0 Å². The van der Waals surface area contributed by atoms with Crippen LogP contribution in [0.4, 0.5) is 0 Å². The van der Waals surface area contributed by atoms with Crippen LogP contribution < -0.4 is 0 Å². The summed E-state index contributed by atoms with van der Waals surface area (Å²) in [6, 6.07) is 10.7. The lowest BCUT2D eigenvalue weighted by molar-refractivity contribution is 0.307. The van der Waals surface area contributed by atoms with Crippen molar-refractivity contribution in [3.05, 3.63) is 30.3 Å². The molecule has 0 heterocycles. The van der Waals surface area contributed by atoms with Gasteiger partial charge in [-0.1, -0.05) is 38.5 Å². The molecule has 18 heavy (non-hydrogen) atoms. The van der Waals surface area contributed by atoms with Gasteiger partial charge in [0.25, 0.3) is 0 Å². The minimum absolute atomic E-state index is 0.791. The van der Waals surface area contributed by atoms with Crippen molar-refractivity contribution >= 4 is 11.8 Å². The Kier molecular flexibility index (Phi) is 8.19. The molecule has 0 amide bonds. The van der Waals surface area contributed by atoms with Crippen LogP contribution in [0.2, 0.25) is 0 Å². The molecule has 0 unspecified atom stereocenters. The molecule has 0 saturated carbocycles. The molecule has 0 radical (unpaired) electrons. The van der Waals surface area contributed by atoms with Gasteiger partial charge in [-0.2, -0.15) is 0 Å². The fraction of sp³-hybridized carbons (Fsp3) is 0.625. The molecule has 102 valence electrons. The van der Waals surface area contributed by atoms with Gasteiger partial charge in [-0.05, 0) is 51.0 Å². The molecule has 1 atom stereocenters. The average Bonchev–Trinajstić information content (AvgIpc) is 2.41. The smallest absolute Gasteiger partial charge is 0.00720 e. The first kappa shape index (κ1) is 15.6. The van der Waals surface area contributed by atoms with E-state index in [0.29, 0.717) is 0 Å². The van der Waals surface area contributed by atoms with Gasteiger partial charge < -0.3 is 4.90 Å². The Balaban J connectivity index is 2.12.